The fraction of sp³-hybridized carbons (Fsp3) is 0.435. The highest BCUT2D eigenvalue weighted by molar-refractivity contribution is 6.03. The van der Waals surface area contributed by atoms with Gasteiger partial charge in [0.1, 0.15) is 11.5 Å². The van der Waals surface area contributed by atoms with Crippen molar-refractivity contribution in [1.82, 2.24) is 4.98 Å². The number of ketones is 1. The average Bonchev–Trinajstić information content (AvgIpc) is 3.03. The quantitative estimate of drug-likeness (QED) is 0.426. The second kappa shape index (κ2) is 11.2. The van der Waals surface area contributed by atoms with E-state index >= 15 is 0 Å². The molecule has 0 bridgehead atoms. The number of carbonyl (C=O) groups is 3. The molecule has 0 aliphatic heterocycles. The Morgan fingerprint density at radius 1 is 0.968 bits per heavy atom. The molecule has 0 amide bonds. The largest absolute Gasteiger partial charge is 0.494 e. The first-order chi connectivity index (χ1) is 14.8. The number of benzene rings is 1. The minimum absolute atomic E-state index is 0.0123. The van der Waals surface area contributed by atoms with Crippen molar-refractivity contribution in [1.29, 1.82) is 0 Å². The molecule has 0 saturated carbocycles. The van der Waals surface area contributed by atoms with E-state index in [1.165, 1.54) is 6.92 Å². The molecule has 1 aromatic carbocycles. The molecule has 0 aliphatic carbocycles. The molecule has 1 heterocycles. The van der Waals surface area contributed by atoms with Crippen LogP contribution < -0.4 is 9.47 Å². The lowest BCUT2D eigenvalue weighted by Crippen LogP contribution is -2.26. The van der Waals surface area contributed by atoms with Crippen LogP contribution in [-0.4, -0.2) is 48.6 Å². The molecule has 1 aromatic heterocycles. The summed E-state index contributed by atoms with van der Waals surface area (Å²) in [5.74, 6) is -0.133. The lowest BCUT2D eigenvalue weighted by Gasteiger charge is -2.13. The average molecular weight is 431 g/mol. The Hall–Kier alpha value is -3.29. The number of aromatic amines is 1. The van der Waals surface area contributed by atoms with Crippen molar-refractivity contribution in [2.45, 2.75) is 47.1 Å². The van der Waals surface area contributed by atoms with Crippen molar-refractivity contribution in [3.05, 3.63) is 46.8 Å². The molecule has 2 aromatic rings. The summed E-state index contributed by atoms with van der Waals surface area (Å²) in [7, 11) is 0. The van der Waals surface area contributed by atoms with Gasteiger partial charge in [-0.05, 0) is 64.4 Å². The van der Waals surface area contributed by atoms with Crippen molar-refractivity contribution < 1.29 is 33.3 Å². The van der Waals surface area contributed by atoms with E-state index in [2.05, 4.69) is 4.98 Å². The SMILES string of the molecule is CCOC(=O)c1c(C)[nH]c(C(=O)[C@@H](C)OC(=O)CCOc2ccc(OCC)cc2)c1C. The molecule has 2 rings (SSSR count). The Kier molecular flexibility index (Phi) is 8.66. The topological polar surface area (TPSA) is 104 Å². The van der Waals surface area contributed by atoms with Crippen LogP contribution in [0.4, 0.5) is 0 Å². The van der Waals surface area contributed by atoms with Crippen molar-refractivity contribution in [2.75, 3.05) is 19.8 Å². The molecule has 0 fully saturated rings. The number of hydrogen-bond donors (Lipinski definition) is 1. The van der Waals surface area contributed by atoms with Crippen molar-refractivity contribution in [3.63, 3.8) is 0 Å². The summed E-state index contributed by atoms with van der Waals surface area (Å²) in [6.45, 7) is 9.37. The Morgan fingerprint density at radius 2 is 1.58 bits per heavy atom. The van der Waals surface area contributed by atoms with E-state index in [0.717, 1.165) is 5.75 Å². The van der Waals surface area contributed by atoms with Crippen LogP contribution in [0.5, 0.6) is 11.5 Å². The van der Waals surface area contributed by atoms with Crippen molar-refractivity contribution in [3.8, 4) is 11.5 Å². The van der Waals surface area contributed by atoms with Gasteiger partial charge in [-0.25, -0.2) is 4.79 Å². The second-order valence-electron chi connectivity index (χ2n) is 6.84. The van der Waals surface area contributed by atoms with E-state index in [1.807, 2.05) is 6.92 Å². The molecule has 0 unspecified atom stereocenters. The number of hydrogen-bond acceptors (Lipinski definition) is 7. The van der Waals surface area contributed by atoms with Gasteiger partial charge >= 0.3 is 11.9 Å². The molecule has 31 heavy (non-hydrogen) atoms. The van der Waals surface area contributed by atoms with Gasteiger partial charge in [0.25, 0.3) is 0 Å². The highest BCUT2D eigenvalue weighted by Crippen LogP contribution is 2.21. The number of nitrogens with one attached hydrogen (secondary N) is 1. The number of ether oxygens (including phenoxy) is 4. The van der Waals surface area contributed by atoms with Gasteiger partial charge in [0.2, 0.25) is 5.78 Å². The molecule has 8 heteroatoms. The molecular formula is C23H29NO7. The number of carbonyl (C=O) groups excluding carboxylic acids is 3. The van der Waals surface area contributed by atoms with Gasteiger partial charge < -0.3 is 23.9 Å². The highest BCUT2D eigenvalue weighted by atomic mass is 16.6. The fourth-order valence-electron chi connectivity index (χ4n) is 3.07. The minimum atomic E-state index is -1.01. The maximum atomic E-state index is 12.7. The summed E-state index contributed by atoms with van der Waals surface area (Å²) in [5, 5.41) is 0. The molecular weight excluding hydrogens is 402 g/mol. The van der Waals surface area contributed by atoms with Crippen molar-refractivity contribution >= 4 is 17.7 Å². The third-order valence-electron chi connectivity index (χ3n) is 4.55. The first-order valence-electron chi connectivity index (χ1n) is 10.2. The maximum absolute atomic E-state index is 12.7. The molecule has 1 atom stereocenters. The summed E-state index contributed by atoms with van der Waals surface area (Å²) in [6, 6.07) is 7.06. The molecule has 0 radical (unpaired) electrons. The van der Waals surface area contributed by atoms with Crippen LogP contribution in [0.15, 0.2) is 24.3 Å². The van der Waals surface area contributed by atoms with Crippen LogP contribution in [0, 0.1) is 13.8 Å². The van der Waals surface area contributed by atoms with E-state index in [-0.39, 0.29) is 25.3 Å². The van der Waals surface area contributed by atoms with E-state index in [0.29, 0.717) is 29.2 Å². The normalized spacial score (nSPS) is 11.5. The number of esters is 2. The summed E-state index contributed by atoms with van der Waals surface area (Å²) in [4.78, 5) is 39.8. The van der Waals surface area contributed by atoms with Gasteiger partial charge in [0.05, 0.1) is 37.5 Å². The third kappa shape index (κ3) is 6.34. The number of aromatic nitrogens is 1. The molecule has 0 aliphatic rings. The van der Waals surface area contributed by atoms with E-state index < -0.39 is 23.8 Å². The van der Waals surface area contributed by atoms with Crippen molar-refractivity contribution in [2.24, 2.45) is 0 Å². The number of Topliss-reactive ketones (excluding diaryl/α,β-unsaturated/α-hetero) is 1. The second-order valence-corrected chi connectivity index (χ2v) is 6.84. The van der Waals surface area contributed by atoms with Gasteiger partial charge in [-0.15, -0.1) is 0 Å². The number of rotatable bonds is 11. The summed E-state index contributed by atoms with van der Waals surface area (Å²) < 4.78 is 21.2. The zero-order chi connectivity index (χ0) is 23.0. The van der Waals surface area contributed by atoms with Gasteiger partial charge in [-0.2, -0.15) is 0 Å². The first kappa shape index (κ1) is 24.0. The van der Waals surface area contributed by atoms with Crippen LogP contribution in [0.1, 0.15) is 59.3 Å². The van der Waals surface area contributed by atoms with Gasteiger partial charge in [-0.3, -0.25) is 9.59 Å². The standard InChI is InChI=1S/C23H29NO7/c1-6-28-17-8-10-18(11-9-17)30-13-12-19(25)31-16(5)22(26)21-14(3)20(15(4)24-21)23(27)29-7-2/h8-11,16,24H,6-7,12-13H2,1-5H3/t16-/m1/s1. The Morgan fingerprint density at radius 3 is 2.16 bits per heavy atom. The fourth-order valence-corrected chi connectivity index (χ4v) is 3.07. The predicted molar refractivity (Wildman–Crippen MR) is 114 cm³/mol. The first-order valence-corrected chi connectivity index (χ1v) is 10.2. The predicted octanol–water partition coefficient (Wildman–Crippen LogP) is 3.79. The van der Waals surface area contributed by atoms with Crippen LogP contribution in [-0.2, 0) is 14.3 Å². The summed E-state index contributed by atoms with van der Waals surface area (Å²) in [5.41, 5.74) is 1.56. The van der Waals surface area contributed by atoms with E-state index in [1.54, 1.807) is 45.0 Å². The molecule has 168 valence electrons. The van der Waals surface area contributed by atoms with Crippen LogP contribution in [0.25, 0.3) is 0 Å². The van der Waals surface area contributed by atoms with E-state index in [9.17, 15) is 14.4 Å². The third-order valence-corrected chi connectivity index (χ3v) is 4.55. The smallest absolute Gasteiger partial charge is 0.340 e. The number of H-pyrrole nitrogens is 1. The van der Waals surface area contributed by atoms with Crippen LogP contribution in [0.3, 0.4) is 0 Å². The maximum Gasteiger partial charge on any atom is 0.340 e. The Balaban J connectivity index is 1.89. The van der Waals surface area contributed by atoms with Gasteiger partial charge in [-0.1, -0.05) is 0 Å². The van der Waals surface area contributed by atoms with Crippen LogP contribution >= 0.6 is 0 Å². The van der Waals surface area contributed by atoms with Gasteiger partial charge in [0.15, 0.2) is 6.10 Å². The lowest BCUT2D eigenvalue weighted by molar-refractivity contribution is -0.146. The molecule has 0 spiro atoms. The highest BCUT2D eigenvalue weighted by Gasteiger charge is 2.27. The molecule has 1 N–H and O–H groups in total. The monoisotopic (exact) mass is 431 g/mol. The lowest BCUT2D eigenvalue weighted by atomic mass is 10.1. The van der Waals surface area contributed by atoms with E-state index in [4.69, 9.17) is 18.9 Å². The minimum Gasteiger partial charge on any atom is -0.494 e. The Labute approximate surface area is 181 Å². The van der Waals surface area contributed by atoms with Gasteiger partial charge in [0, 0.05) is 5.69 Å². The number of aryl methyl sites for hydroxylation is 1. The Bertz CT molecular complexity index is 915. The zero-order valence-electron chi connectivity index (χ0n) is 18.6. The summed E-state index contributed by atoms with van der Waals surface area (Å²) in [6.07, 6.45) is -1.02. The summed E-state index contributed by atoms with van der Waals surface area (Å²) >= 11 is 0. The molecule has 0 saturated heterocycles. The van der Waals surface area contributed by atoms with Crippen LogP contribution in [0.2, 0.25) is 0 Å². The zero-order valence-corrected chi connectivity index (χ0v) is 18.6. The molecule has 8 nitrogen and oxygen atoms in total.